The van der Waals surface area contributed by atoms with Crippen molar-refractivity contribution >= 4 is 15.9 Å². The van der Waals surface area contributed by atoms with Crippen LogP contribution in [0.4, 0.5) is 0 Å². The maximum absolute atomic E-state index is 5.95. The average molecular weight is 492 g/mol. The zero-order chi connectivity index (χ0) is 22.7. The minimum absolute atomic E-state index is 0.109. The predicted molar refractivity (Wildman–Crippen MR) is 133 cm³/mol. The largest absolute Gasteiger partial charge is 0.494 e. The van der Waals surface area contributed by atoms with Crippen molar-refractivity contribution in [2.75, 3.05) is 46.1 Å². The molecule has 2 aromatic rings. The van der Waals surface area contributed by atoms with E-state index in [1.165, 1.54) is 11.1 Å². The van der Waals surface area contributed by atoms with Gasteiger partial charge in [-0.3, -0.25) is 4.90 Å². The Balaban J connectivity index is 0.00000166. The molecule has 0 unspecified atom stereocenters. The van der Waals surface area contributed by atoms with Gasteiger partial charge in [-0.2, -0.15) is 0 Å². The second-order valence-corrected chi connectivity index (χ2v) is 8.74. The number of hydrogen-bond acceptors (Lipinski definition) is 4. The summed E-state index contributed by atoms with van der Waals surface area (Å²) in [6.45, 7) is 16.7. The fraction of sp³-hybridized carbons (Fsp3) is 0.538. The Labute approximate surface area is 197 Å². The quantitative estimate of drug-likeness (QED) is 0.385. The maximum atomic E-state index is 5.95. The Morgan fingerprint density at radius 3 is 2.23 bits per heavy atom. The van der Waals surface area contributed by atoms with E-state index in [4.69, 9.17) is 14.2 Å². The van der Waals surface area contributed by atoms with Crippen LogP contribution >= 0.6 is 15.9 Å². The van der Waals surface area contributed by atoms with Crippen molar-refractivity contribution in [2.45, 2.75) is 46.5 Å². The van der Waals surface area contributed by atoms with Crippen LogP contribution in [-0.2, 0) is 10.2 Å². The minimum Gasteiger partial charge on any atom is -0.494 e. The standard InChI is InChI=1S/C24H32BrNO3.C2H6/c1-4-28-23-11-8-20(18-22(23)25)24(2,3)19-6-9-21(10-7-19)29-15-5-12-26-13-16-27-17-14-26;1-2/h6-11,18H,4-5,12-17H2,1-3H3;1-2H3. The highest BCUT2D eigenvalue weighted by Gasteiger charge is 2.24. The van der Waals surface area contributed by atoms with Crippen molar-refractivity contribution in [1.82, 2.24) is 4.90 Å². The summed E-state index contributed by atoms with van der Waals surface area (Å²) in [5, 5.41) is 0. The van der Waals surface area contributed by atoms with Crippen LogP contribution in [0.15, 0.2) is 46.9 Å². The van der Waals surface area contributed by atoms with Crippen LogP contribution in [0.5, 0.6) is 11.5 Å². The Hall–Kier alpha value is -1.56. The number of nitrogens with zero attached hydrogens (tertiary/aromatic N) is 1. The van der Waals surface area contributed by atoms with E-state index in [1.807, 2.05) is 26.8 Å². The first-order valence-corrected chi connectivity index (χ1v) is 12.3. The average Bonchev–Trinajstić information content (AvgIpc) is 2.80. The second kappa shape index (κ2) is 13.1. The van der Waals surface area contributed by atoms with E-state index >= 15 is 0 Å². The fourth-order valence-electron chi connectivity index (χ4n) is 3.60. The number of benzene rings is 2. The van der Waals surface area contributed by atoms with Gasteiger partial charge in [0, 0.05) is 25.0 Å². The van der Waals surface area contributed by atoms with Crippen molar-refractivity contribution in [2.24, 2.45) is 0 Å². The third-order valence-electron chi connectivity index (χ3n) is 5.52. The molecule has 3 rings (SSSR count). The predicted octanol–water partition coefficient (Wildman–Crippen LogP) is 6.30. The molecular formula is C26H38BrNO3. The summed E-state index contributed by atoms with van der Waals surface area (Å²) in [6.07, 6.45) is 1.04. The molecule has 0 saturated carbocycles. The van der Waals surface area contributed by atoms with Crippen molar-refractivity contribution in [1.29, 1.82) is 0 Å². The molecule has 0 spiro atoms. The van der Waals surface area contributed by atoms with E-state index in [0.29, 0.717) is 6.61 Å². The van der Waals surface area contributed by atoms with Crippen LogP contribution in [0.25, 0.3) is 0 Å². The molecule has 1 saturated heterocycles. The van der Waals surface area contributed by atoms with Gasteiger partial charge in [-0.15, -0.1) is 0 Å². The minimum atomic E-state index is -0.109. The second-order valence-electron chi connectivity index (χ2n) is 7.88. The number of halogens is 1. The van der Waals surface area contributed by atoms with Gasteiger partial charge in [-0.1, -0.05) is 45.9 Å². The van der Waals surface area contributed by atoms with E-state index in [2.05, 4.69) is 71.1 Å². The Morgan fingerprint density at radius 1 is 0.968 bits per heavy atom. The molecule has 5 heteroatoms. The van der Waals surface area contributed by atoms with Crippen LogP contribution < -0.4 is 9.47 Å². The van der Waals surface area contributed by atoms with Crippen LogP contribution in [0.3, 0.4) is 0 Å². The van der Waals surface area contributed by atoms with Crippen LogP contribution in [0, 0.1) is 0 Å². The number of hydrogen-bond donors (Lipinski definition) is 0. The Morgan fingerprint density at radius 2 is 1.61 bits per heavy atom. The van der Waals surface area contributed by atoms with E-state index in [9.17, 15) is 0 Å². The van der Waals surface area contributed by atoms with Gasteiger partial charge in [0.1, 0.15) is 11.5 Å². The summed E-state index contributed by atoms with van der Waals surface area (Å²) < 4.78 is 18.0. The van der Waals surface area contributed by atoms with E-state index < -0.39 is 0 Å². The summed E-state index contributed by atoms with van der Waals surface area (Å²) in [6, 6.07) is 14.8. The van der Waals surface area contributed by atoms with Gasteiger partial charge in [-0.25, -0.2) is 0 Å². The summed E-state index contributed by atoms with van der Waals surface area (Å²) in [7, 11) is 0. The first-order valence-electron chi connectivity index (χ1n) is 11.5. The zero-order valence-corrected chi connectivity index (χ0v) is 21.3. The Bertz CT molecular complexity index is 771. The number of ether oxygens (including phenoxy) is 3. The lowest BCUT2D eigenvalue weighted by Crippen LogP contribution is -2.37. The van der Waals surface area contributed by atoms with Gasteiger partial charge in [0.25, 0.3) is 0 Å². The molecule has 1 aliphatic heterocycles. The highest BCUT2D eigenvalue weighted by molar-refractivity contribution is 9.10. The van der Waals surface area contributed by atoms with Gasteiger partial charge in [0.15, 0.2) is 0 Å². The normalized spacial score (nSPS) is 14.5. The first-order chi connectivity index (χ1) is 15.0. The molecule has 1 aliphatic rings. The van der Waals surface area contributed by atoms with E-state index in [1.54, 1.807) is 0 Å². The number of morpholine rings is 1. The van der Waals surface area contributed by atoms with Crippen molar-refractivity contribution in [3.8, 4) is 11.5 Å². The molecule has 0 N–H and O–H groups in total. The molecule has 1 fully saturated rings. The lowest BCUT2D eigenvalue weighted by Gasteiger charge is -2.27. The van der Waals surface area contributed by atoms with Gasteiger partial charge >= 0.3 is 0 Å². The van der Waals surface area contributed by atoms with Crippen LogP contribution in [-0.4, -0.2) is 51.0 Å². The molecule has 0 bridgehead atoms. The third-order valence-corrected chi connectivity index (χ3v) is 6.14. The van der Waals surface area contributed by atoms with Gasteiger partial charge in [-0.05, 0) is 64.7 Å². The molecule has 0 amide bonds. The molecule has 0 aliphatic carbocycles. The molecule has 2 aromatic carbocycles. The molecule has 0 aromatic heterocycles. The Kier molecular flexibility index (Phi) is 10.9. The van der Waals surface area contributed by atoms with Crippen LogP contribution in [0.2, 0.25) is 0 Å². The van der Waals surface area contributed by atoms with Crippen molar-refractivity contribution < 1.29 is 14.2 Å². The first kappa shape index (κ1) is 25.7. The topological polar surface area (TPSA) is 30.9 Å². The molecule has 31 heavy (non-hydrogen) atoms. The molecule has 0 radical (unpaired) electrons. The highest BCUT2D eigenvalue weighted by atomic mass is 79.9. The number of rotatable bonds is 9. The summed E-state index contributed by atoms with van der Waals surface area (Å²) in [5.74, 6) is 1.81. The molecule has 4 nitrogen and oxygen atoms in total. The smallest absolute Gasteiger partial charge is 0.133 e. The monoisotopic (exact) mass is 491 g/mol. The van der Waals surface area contributed by atoms with Crippen molar-refractivity contribution in [3.63, 3.8) is 0 Å². The van der Waals surface area contributed by atoms with Gasteiger partial charge in [0.2, 0.25) is 0 Å². The third kappa shape index (κ3) is 7.51. The molecular weight excluding hydrogens is 454 g/mol. The lowest BCUT2D eigenvalue weighted by molar-refractivity contribution is 0.0358. The maximum Gasteiger partial charge on any atom is 0.133 e. The summed E-state index contributed by atoms with van der Waals surface area (Å²) in [4.78, 5) is 2.44. The molecule has 1 heterocycles. The SMILES string of the molecule is CC.CCOc1ccc(C(C)(C)c2ccc(OCCCN3CCOCC3)cc2)cc1Br. The van der Waals surface area contributed by atoms with E-state index in [0.717, 1.165) is 61.8 Å². The van der Waals surface area contributed by atoms with E-state index in [-0.39, 0.29) is 5.41 Å². The molecule has 172 valence electrons. The molecule has 0 atom stereocenters. The van der Waals surface area contributed by atoms with Crippen molar-refractivity contribution in [3.05, 3.63) is 58.1 Å². The van der Waals surface area contributed by atoms with Gasteiger partial charge < -0.3 is 14.2 Å². The lowest BCUT2D eigenvalue weighted by atomic mass is 9.78. The van der Waals surface area contributed by atoms with Gasteiger partial charge in [0.05, 0.1) is 30.9 Å². The summed E-state index contributed by atoms with van der Waals surface area (Å²) in [5.41, 5.74) is 2.39. The highest BCUT2D eigenvalue weighted by Crippen LogP contribution is 2.36. The fourth-order valence-corrected chi connectivity index (χ4v) is 4.09. The summed E-state index contributed by atoms with van der Waals surface area (Å²) >= 11 is 3.63. The zero-order valence-electron chi connectivity index (χ0n) is 19.7. The van der Waals surface area contributed by atoms with Crippen LogP contribution in [0.1, 0.15) is 52.2 Å².